The molecule has 1 unspecified atom stereocenters. The Morgan fingerprint density at radius 2 is 0.827 bits per heavy atom. The third kappa shape index (κ3) is 35.7. The highest BCUT2D eigenvalue weighted by atomic mass is 14.1. The summed E-state index contributed by atoms with van der Waals surface area (Å²) in [6.45, 7) is 36.8. The van der Waals surface area contributed by atoms with Gasteiger partial charge in [-0.1, -0.05) is 203 Å². The molecule has 4 rings (SSSR count). The number of rotatable bonds is 12. The van der Waals surface area contributed by atoms with Crippen LogP contribution in [0.5, 0.6) is 0 Å². The van der Waals surface area contributed by atoms with Gasteiger partial charge >= 0.3 is 0 Å². The Hall–Kier alpha value is -4.16. The van der Waals surface area contributed by atoms with E-state index in [1.54, 1.807) is 0 Å². The molecule has 284 valence electrons. The van der Waals surface area contributed by atoms with E-state index in [1.807, 2.05) is 37.3 Å². The zero-order chi connectivity index (χ0) is 39.6. The molecule has 0 bridgehead atoms. The second-order valence-corrected chi connectivity index (χ2v) is 14.5. The van der Waals surface area contributed by atoms with Gasteiger partial charge in [-0.25, -0.2) is 0 Å². The molecular weight excluding hydrogens is 625 g/mol. The molecule has 0 aliphatic carbocycles. The fourth-order valence-electron chi connectivity index (χ4n) is 4.26. The van der Waals surface area contributed by atoms with Crippen LogP contribution in [0.15, 0.2) is 170 Å². The number of hydrogen-bond donors (Lipinski definition) is 0. The van der Waals surface area contributed by atoms with Gasteiger partial charge in [0.15, 0.2) is 0 Å². The van der Waals surface area contributed by atoms with Crippen LogP contribution in [0.25, 0.3) is 0 Å². The Kier molecular flexibility index (Phi) is 32.6. The van der Waals surface area contributed by atoms with Gasteiger partial charge in [-0.05, 0) is 102 Å². The van der Waals surface area contributed by atoms with Crippen molar-refractivity contribution in [3.63, 3.8) is 0 Å². The van der Waals surface area contributed by atoms with Crippen LogP contribution in [0.4, 0.5) is 0 Å². The minimum Gasteiger partial charge on any atom is -0.100 e. The van der Waals surface area contributed by atoms with Gasteiger partial charge in [0.25, 0.3) is 0 Å². The predicted molar refractivity (Wildman–Crippen MR) is 239 cm³/mol. The number of benzene rings is 4. The molecule has 4 aromatic carbocycles. The van der Waals surface area contributed by atoms with E-state index in [9.17, 15) is 0 Å². The first-order valence-electron chi connectivity index (χ1n) is 19.4. The van der Waals surface area contributed by atoms with Crippen LogP contribution in [0.1, 0.15) is 117 Å². The van der Waals surface area contributed by atoms with Gasteiger partial charge in [-0.2, -0.15) is 0 Å². The average Bonchev–Trinajstić information content (AvgIpc) is 3.13. The van der Waals surface area contributed by atoms with E-state index in [4.69, 9.17) is 0 Å². The summed E-state index contributed by atoms with van der Waals surface area (Å²) >= 11 is 0. The Morgan fingerprint density at radius 1 is 0.500 bits per heavy atom. The molecule has 0 radical (unpaired) electrons. The van der Waals surface area contributed by atoms with Crippen LogP contribution in [-0.2, 0) is 19.3 Å². The van der Waals surface area contributed by atoms with Crippen molar-refractivity contribution in [1.29, 1.82) is 0 Å². The molecule has 0 spiro atoms. The highest BCUT2D eigenvalue weighted by Gasteiger charge is 2.02. The largest absolute Gasteiger partial charge is 0.100 e. The van der Waals surface area contributed by atoms with Crippen molar-refractivity contribution in [2.75, 3.05) is 0 Å². The molecule has 52 heavy (non-hydrogen) atoms. The van der Waals surface area contributed by atoms with Crippen LogP contribution in [0.2, 0.25) is 0 Å². The Morgan fingerprint density at radius 3 is 1.04 bits per heavy atom. The minimum absolute atomic E-state index is 0.590. The highest BCUT2D eigenvalue weighted by molar-refractivity contribution is 5.18. The summed E-state index contributed by atoms with van der Waals surface area (Å²) in [7, 11) is 0. The maximum atomic E-state index is 3.95. The maximum Gasteiger partial charge on any atom is -0.0197 e. The topological polar surface area (TPSA) is 0 Å². The smallest absolute Gasteiger partial charge is 0.0197 e. The highest BCUT2D eigenvalue weighted by Crippen LogP contribution is 2.14. The summed E-state index contributed by atoms with van der Waals surface area (Å²) in [6.07, 6.45) is 9.37. The second-order valence-electron chi connectivity index (χ2n) is 14.5. The lowest BCUT2D eigenvalue weighted by Crippen LogP contribution is -1.99. The maximum absolute atomic E-state index is 3.95. The summed E-state index contributed by atoms with van der Waals surface area (Å²) in [5.41, 5.74) is 10.5. The normalized spacial score (nSPS) is 9.98. The molecular formula is C52H76. The first-order chi connectivity index (χ1) is 24.7. The van der Waals surface area contributed by atoms with Crippen LogP contribution >= 0.6 is 0 Å². The van der Waals surface area contributed by atoms with Crippen molar-refractivity contribution in [3.05, 3.63) is 192 Å². The van der Waals surface area contributed by atoms with Crippen molar-refractivity contribution < 1.29 is 0 Å². The quantitative estimate of drug-likeness (QED) is 0.129. The summed E-state index contributed by atoms with van der Waals surface area (Å²) in [5, 5.41) is 0. The first-order valence-corrected chi connectivity index (χ1v) is 19.4. The van der Waals surface area contributed by atoms with Crippen LogP contribution in [0, 0.1) is 18.8 Å². The van der Waals surface area contributed by atoms with Crippen molar-refractivity contribution in [1.82, 2.24) is 0 Å². The SMILES string of the molecule is C=C(C)C(C)Cc1ccccc1.C=C(C)CC.C=C(C)CCc1ccccc1.C=C(C)CCc1ccccc1.CCCC(C)C.Cc1ccccc1. The lowest BCUT2D eigenvalue weighted by molar-refractivity contribution is 0.576. The van der Waals surface area contributed by atoms with Crippen LogP contribution in [0.3, 0.4) is 0 Å². The van der Waals surface area contributed by atoms with Gasteiger partial charge in [-0.3, -0.25) is 0 Å². The molecule has 0 saturated carbocycles. The third-order valence-electron chi connectivity index (χ3n) is 8.00. The number of hydrogen-bond acceptors (Lipinski definition) is 0. The van der Waals surface area contributed by atoms with E-state index in [0.29, 0.717) is 5.92 Å². The Labute approximate surface area is 323 Å². The van der Waals surface area contributed by atoms with Crippen LogP contribution < -0.4 is 0 Å². The van der Waals surface area contributed by atoms with Crippen molar-refractivity contribution in [2.24, 2.45) is 11.8 Å². The zero-order valence-corrected chi connectivity index (χ0v) is 35.2. The lowest BCUT2D eigenvalue weighted by Gasteiger charge is -2.10. The molecule has 0 heterocycles. The van der Waals surface area contributed by atoms with Crippen molar-refractivity contribution in [2.45, 2.75) is 121 Å². The van der Waals surface area contributed by atoms with Crippen LogP contribution in [-0.4, -0.2) is 0 Å². The van der Waals surface area contributed by atoms with Crippen molar-refractivity contribution >= 4 is 0 Å². The summed E-state index contributed by atoms with van der Waals surface area (Å²) in [4.78, 5) is 0. The van der Waals surface area contributed by atoms with Gasteiger partial charge in [0.05, 0.1) is 0 Å². The minimum atomic E-state index is 0.590. The van der Waals surface area contributed by atoms with E-state index in [0.717, 1.165) is 44.4 Å². The summed E-state index contributed by atoms with van der Waals surface area (Å²) in [6, 6.07) is 41.8. The molecule has 0 heteroatoms. The van der Waals surface area contributed by atoms with Gasteiger partial charge in [-0.15, -0.1) is 19.7 Å². The van der Waals surface area contributed by atoms with E-state index in [2.05, 4.69) is 180 Å². The summed E-state index contributed by atoms with van der Waals surface area (Å²) in [5.74, 6) is 1.49. The van der Waals surface area contributed by atoms with Gasteiger partial charge in [0, 0.05) is 0 Å². The monoisotopic (exact) mass is 701 g/mol. The van der Waals surface area contributed by atoms with Gasteiger partial charge in [0.2, 0.25) is 0 Å². The van der Waals surface area contributed by atoms with Gasteiger partial charge in [0.1, 0.15) is 0 Å². The Balaban J connectivity index is 0. The Bertz CT molecular complexity index is 1360. The molecule has 0 saturated heterocycles. The van der Waals surface area contributed by atoms with Crippen molar-refractivity contribution in [3.8, 4) is 0 Å². The molecule has 0 aliphatic rings. The zero-order valence-electron chi connectivity index (χ0n) is 35.2. The lowest BCUT2D eigenvalue weighted by atomic mass is 9.96. The standard InChI is InChI=1S/C12H16.2C11H14.C7H8.C6H14.C5H10/c1-10(2)11(3)9-12-7-5-4-6-8-12;2*1-10(2)8-9-11-6-4-3-5-7-11;1-7-5-3-2-4-6-7;1-4-5-6(2)3;1-4-5(2)3/h4-8,11H,1,9H2,2-3H3;2*3-7H,1,8-9H2,2H3;2-6H,1H3;6H,4-5H2,1-3H3;2,4H2,1,3H3. The number of allylic oxidation sites excluding steroid dienone is 4. The fourth-order valence-corrected chi connectivity index (χ4v) is 4.26. The third-order valence-corrected chi connectivity index (χ3v) is 8.00. The summed E-state index contributed by atoms with van der Waals surface area (Å²) < 4.78 is 0. The van der Waals surface area contributed by atoms with E-state index < -0.39 is 0 Å². The molecule has 1 atom stereocenters. The van der Waals surface area contributed by atoms with E-state index in [1.165, 1.54) is 57.4 Å². The molecule has 0 fully saturated rings. The van der Waals surface area contributed by atoms with Gasteiger partial charge < -0.3 is 0 Å². The van der Waals surface area contributed by atoms with E-state index in [-0.39, 0.29) is 0 Å². The molecule has 0 N–H and O–H groups in total. The molecule has 4 aromatic rings. The van der Waals surface area contributed by atoms with E-state index >= 15 is 0 Å². The predicted octanol–water partition coefficient (Wildman–Crippen LogP) is 16.2. The average molecular weight is 701 g/mol. The molecule has 0 nitrogen and oxygen atoms in total. The second kappa shape index (κ2) is 34.0. The molecule has 0 aromatic heterocycles. The molecule has 0 amide bonds. The first kappa shape index (κ1) is 50.0. The molecule has 0 aliphatic heterocycles. The fraction of sp³-hybridized carbons (Fsp3) is 0.385. The number of aryl methyl sites for hydroxylation is 3.